The summed E-state index contributed by atoms with van der Waals surface area (Å²) >= 11 is 2.02. The molecular weight excluding hydrogens is 258 g/mol. The highest BCUT2D eigenvalue weighted by Crippen LogP contribution is 2.26. The van der Waals surface area contributed by atoms with E-state index in [9.17, 15) is 0 Å². The second-order valence-electron chi connectivity index (χ2n) is 5.23. The average Bonchev–Trinajstić information content (AvgIpc) is 2.42. The third-order valence-electron chi connectivity index (χ3n) is 3.38. The third-order valence-corrected chi connectivity index (χ3v) is 4.43. The fraction of sp³-hybridized carbons (Fsp3) is 0.692. The molecule has 0 saturated carbocycles. The van der Waals surface area contributed by atoms with Crippen molar-refractivity contribution < 1.29 is 0 Å². The van der Waals surface area contributed by atoms with Gasteiger partial charge in [-0.3, -0.25) is 0 Å². The van der Waals surface area contributed by atoms with Crippen molar-refractivity contribution in [2.75, 3.05) is 22.2 Å². The van der Waals surface area contributed by atoms with Crippen molar-refractivity contribution in [3.63, 3.8) is 0 Å². The van der Waals surface area contributed by atoms with E-state index in [4.69, 9.17) is 5.84 Å². The summed E-state index contributed by atoms with van der Waals surface area (Å²) < 4.78 is 0. The molecule has 5 nitrogen and oxygen atoms in total. The van der Waals surface area contributed by atoms with Crippen LogP contribution >= 0.6 is 11.8 Å². The molecule has 0 spiro atoms. The summed E-state index contributed by atoms with van der Waals surface area (Å²) in [6, 6.07) is 0.514. The smallest absolute Gasteiger partial charge is 0.148 e. The Labute approximate surface area is 119 Å². The fourth-order valence-electron chi connectivity index (χ4n) is 2.11. The largest absolute Gasteiger partial charge is 0.367 e. The van der Waals surface area contributed by atoms with Crippen LogP contribution < -0.4 is 16.6 Å². The molecule has 0 radical (unpaired) electrons. The maximum absolute atomic E-state index is 5.55. The molecule has 6 heteroatoms. The summed E-state index contributed by atoms with van der Waals surface area (Å²) in [4.78, 5) is 9.10. The van der Waals surface area contributed by atoms with E-state index in [1.807, 2.05) is 18.7 Å². The molecule has 4 N–H and O–H groups in total. The molecule has 0 bridgehead atoms. The molecule has 2 heterocycles. The second kappa shape index (κ2) is 6.43. The maximum atomic E-state index is 5.55. The van der Waals surface area contributed by atoms with E-state index >= 15 is 0 Å². The molecule has 19 heavy (non-hydrogen) atoms. The SMILES string of the molecule is Cc1c(NN)nc(C(C)C)nc1NC1CCSCC1. The minimum atomic E-state index is 0.287. The van der Waals surface area contributed by atoms with Crippen molar-refractivity contribution in [3.8, 4) is 0 Å². The number of rotatable bonds is 4. The molecule has 0 aliphatic carbocycles. The van der Waals surface area contributed by atoms with Crippen LogP contribution in [0, 0.1) is 6.92 Å². The lowest BCUT2D eigenvalue weighted by molar-refractivity contribution is 0.659. The zero-order valence-electron chi connectivity index (χ0n) is 11.9. The summed E-state index contributed by atoms with van der Waals surface area (Å²) in [5, 5.41) is 3.56. The summed E-state index contributed by atoms with van der Waals surface area (Å²) in [7, 11) is 0. The van der Waals surface area contributed by atoms with Gasteiger partial charge in [-0.25, -0.2) is 15.8 Å². The molecule has 0 atom stereocenters. The quantitative estimate of drug-likeness (QED) is 0.581. The molecule has 1 aliphatic rings. The van der Waals surface area contributed by atoms with Crippen LogP contribution in [-0.2, 0) is 0 Å². The Morgan fingerprint density at radius 2 is 1.84 bits per heavy atom. The monoisotopic (exact) mass is 281 g/mol. The van der Waals surface area contributed by atoms with Gasteiger partial charge in [0.2, 0.25) is 0 Å². The first kappa shape index (κ1) is 14.4. The first-order valence-corrected chi connectivity index (χ1v) is 7.96. The number of hydrogen-bond acceptors (Lipinski definition) is 6. The van der Waals surface area contributed by atoms with Gasteiger partial charge in [-0.2, -0.15) is 11.8 Å². The van der Waals surface area contributed by atoms with Gasteiger partial charge in [0.25, 0.3) is 0 Å². The van der Waals surface area contributed by atoms with E-state index in [1.165, 1.54) is 24.3 Å². The van der Waals surface area contributed by atoms with Crippen LogP contribution in [0.3, 0.4) is 0 Å². The zero-order chi connectivity index (χ0) is 13.8. The Morgan fingerprint density at radius 1 is 1.21 bits per heavy atom. The molecule has 1 aromatic heterocycles. The van der Waals surface area contributed by atoms with E-state index < -0.39 is 0 Å². The minimum Gasteiger partial charge on any atom is -0.367 e. The van der Waals surface area contributed by atoms with Crippen LogP contribution in [0.15, 0.2) is 0 Å². The predicted octanol–water partition coefficient (Wildman–Crippen LogP) is 2.50. The normalized spacial score (nSPS) is 16.7. The van der Waals surface area contributed by atoms with Gasteiger partial charge >= 0.3 is 0 Å². The number of hydrazine groups is 1. The Hall–Kier alpha value is -1.01. The van der Waals surface area contributed by atoms with Gasteiger partial charge < -0.3 is 10.7 Å². The number of nitrogens with one attached hydrogen (secondary N) is 2. The van der Waals surface area contributed by atoms with E-state index in [0.29, 0.717) is 11.9 Å². The number of anilines is 2. The van der Waals surface area contributed by atoms with E-state index in [-0.39, 0.29) is 5.92 Å². The number of nitrogens with zero attached hydrogens (tertiary/aromatic N) is 2. The second-order valence-corrected chi connectivity index (χ2v) is 6.46. The number of hydrogen-bond donors (Lipinski definition) is 3. The molecule has 1 fully saturated rings. The molecular formula is C13H23N5S. The lowest BCUT2D eigenvalue weighted by atomic mass is 10.1. The van der Waals surface area contributed by atoms with Crippen molar-refractivity contribution in [2.45, 2.75) is 45.6 Å². The predicted molar refractivity (Wildman–Crippen MR) is 82.6 cm³/mol. The van der Waals surface area contributed by atoms with Gasteiger partial charge in [0.05, 0.1) is 0 Å². The van der Waals surface area contributed by atoms with Crippen LogP contribution in [0.25, 0.3) is 0 Å². The van der Waals surface area contributed by atoms with Gasteiger partial charge in [-0.15, -0.1) is 0 Å². The molecule has 1 saturated heterocycles. The molecule has 0 amide bonds. The standard InChI is InChI=1S/C13H23N5S/c1-8(2)11-16-12(9(3)13(17-11)18-14)15-10-4-6-19-7-5-10/h8,10H,4-7,14H2,1-3H3,(H2,15,16,17,18). The first-order chi connectivity index (χ1) is 9.11. The zero-order valence-corrected chi connectivity index (χ0v) is 12.7. The molecule has 0 unspecified atom stereocenters. The van der Waals surface area contributed by atoms with Crippen molar-refractivity contribution in [1.29, 1.82) is 0 Å². The van der Waals surface area contributed by atoms with Crippen molar-refractivity contribution >= 4 is 23.4 Å². The fourth-order valence-corrected chi connectivity index (χ4v) is 3.21. The van der Waals surface area contributed by atoms with Gasteiger partial charge in [-0.1, -0.05) is 13.8 Å². The number of nitrogens with two attached hydrogens (primary N) is 1. The van der Waals surface area contributed by atoms with Gasteiger partial charge in [0.1, 0.15) is 17.5 Å². The summed E-state index contributed by atoms with van der Waals surface area (Å²) in [6.45, 7) is 6.18. The van der Waals surface area contributed by atoms with Crippen LogP contribution in [0.1, 0.15) is 44.0 Å². The molecule has 2 rings (SSSR count). The number of thioether (sulfide) groups is 1. The van der Waals surface area contributed by atoms with Gasteiger partial charge in [0.15, 0.2) is 0 Å². The van der Waals surface area contributed by atoms with Crippen LogP contribution in [-0.4, -0.2) is 27.5 Å². The highest BCUT2D eigenvalue weighted by Gasteiger charge is 2.18. The lowest BCUT2D eigenvalue weighted by Gasteiger charge is -2.24. The van der Waals surface area contributed by atoms with E-state index in [1.54, 1.807) is 0 Å². The molecule has 1 aliphatic heterocycles. The molecule has 0 aromatic carbocycles. The average molecular weight is 281 g/mol. The summed E-state index contributed by atoms with van der Waals surface area (Å²) in [5.41, 5.74) is 3.66. The van der Waals surface area contributed by atoms with E-state index in [2.05, 4.69) is 34.6 Å². The van der Waals surface area contributed by atoms with Crippen molar-refractivity contribution in [1.82, 2.24) is 9.97 Å². The Kier molecular flexibility index (Phi) is 4.87. The van der Waals surface area contributed by atoms with Gasteiger partial charge in [-0.05, 0) is 31.3 Å². The first-order valence-electron chi connectivity index (χ1n) is 6.81. The number of nitrogen functional groups attached to an aromatic ring is 1. The third kappa shape index (κ3) is 3.51. The van der Waals surface area contributed by atoms with Crippen LogP contribution in [0.4, 0.5) is 11.6 Å². The van der Waals surface area contributed by atoms with Crippen molar-refractivity contribution in [3.05, 3.63) is 11.4 Å². The Morgan fingerprint density at radius 3 is 2.42 bits per heavy atom. The van der Waals surface area contributed by atoms with E-state index in [0.717, 1.165) is 17.2 Å². The summed E-state index contributed by atoms with van der Waals surface area (Å²) in [5.74, 6) is 10.7. The van der Waals surface area contributed by atoms with Crippen molar-refractivity contribution in [2.24, 2.45) is 5.84 Å². The molecule has 1 aromatic rings. The summed E-state index contributed by atoms with van der Waals surface area (Å²) in [6.07, 6.45) is 2.38. The van der Waals surface area contributed by atoms with Crippen LogP contribution in [0.2, 0.25) is 0 Å². The highest BCUT2D eigenvalue weighted by atomic mass is 32.2. The van der Waals surface area contributed by atoms with Crippen LogP contribution in [0.5, 0.6) is 0 Å². The Balaban J connectivity index is 2.24. The van der Waals surface area contributed by atoms with Gasteiger partial charge in [0, 0.05) is 17.5 Å². The minimum absolute atomic E-state index is 0.287. The number of aromatic nitrogens is 2. The Bertz CT molecular complexity index is 429. The lowest BCUT2D eigenvalue weighted by Crippen LogP contribution is -2.26. The highest BCUT2D eigenvalue weighted by molar-refractivity contribution is 7.99. The molecule has 106 valence electrons. The topological polar surface area (TPSA) is 75.9 Å². The maximum Gasteiger partial charge on any atom is 0.148 e.